The summed E-state index contributed by atoms with van der Waals surface area (Å²) >= 11 is 0. The number of aromatic amines is 1. The first-order valence-electron chi connectivity index (χ1n) is 5.30. The number of aromatic carboxylic acids is 1. The van der Waals surface area contributed by atoms with Crippen molar-refractivity contribution in [2.75, 3.05) is 13.2 Å². The van der Waals surface area contributed by atoms with Crippen molar-refractivity contribution in [3.05, 3.63) is 23.0 Å². The van der Waals surface area contributed by atoms with Gasteiger partial charge in [-0.2, -0.15) is 0 Å². The number of hydrogen-bond acceptors (Lipinski definition) is 4. The van der Waals surface area contributed by atoms with Gasteiger partial charge in [-0.25, -0.2) is 4.79 Å². The highest BCUT2D eigenvalue weighted by Crippen LogP contribution is 2.11. The molecule has 0 bridgehead atoms. The summed E-state index contributed by atoms with van der Waals surface area (Å²) in [6.45, 7) is 3.32. The lowest BCUT2D eigenvalue weighted by atomic mass is 10.1. The SMILES string of the molecule is Cc1[nH]c(CNC(C)(CO)CO)cc1C(=O)O. The lowest BCUT2D eigenvalue weighted by Gasteiger charge is -2.25. The molecule has 6 nitrogen and oxygen atoms in total. The molecule has 96 valence electrons. The minimum Gasteiger partial charge on any atom is -0.478 e. The summed E-state index contributed by atoms with van der Waals surface area (Å²) in [6, 6.07) is 1.54. The fraction of sp³-hybridized carbons (Fsp3) is 0.545. The molecule has 1 aromatic heterocycles. The Labute approximate surface area is 99.3 Å². The van der Waals surface area contributed by atoms with Crippen LogP contribution in [-0.4, -0.2) is 45.0 Å². The van der Waals surface area contributed by atoms with Crippen LogP contribution in [0, 0.1) is 6.92 Å². The van der Waals surface area contributed by atoms with Crippen LogP contribution in [0.15, 0.2) is 6.07 Å². The summed E-state index contributed by atoms with van der Waals surface area (Å²) in [7, 11) is 0. The number of rotatable bonds is 6. The van der Waals surface area contributed by atoms with Gasteiger partial charge in [-0.1, -0.05) is 0 Å². The van der Waals surface area contributed by atoms with Crippen molar-refractivity contribution in [1.29, 1.82) is 0 Å². The first-order chi connectivity index (χ1) is 7.91. The second kappa shape index (κ2) is 5.31. The van der Waals surface area contributed by atoms with E-state index in [9.17, 15) is 4.79 Å². The molecule has 0 fully saturated rings. The molecule has 1 rings (SSSR count). The number of aliphatic hydroxyl groups is 2. The van der Waals surface area contributed by atoms with Crippen LogP contribution in [0.4, 0.5) is 0 Å². The third kappa shape index (κ3) is 3.29. The monoisotopic (exact) mass is 242 g/mol. The molecular formula is C11H18N2O4. The molecule has 0 atom stereocenters. The van der Waals surface area contributed by atoms with Crippen molar-refractivity contribution in [3.8, 4) is 0 Å². The van der Waals surface area contributed by atoms with Gasteiger partial charge in [0.1, 0.15) is 0 Å². The van der Waals surface area contributed by atoms with E-state index in [4.69, 9.17) is 15.3 Å². The molecule has 0 saturated carbocycles. The minimum absolute atomic E-state index is 0.199. The van der Waals surface area contributed by atoms with Gasteiger partial charge < -0.3 is 25.6 Å². The molecule has 0 aliphatic heterocycles. The minimum atomic E-state index is -0.975. The number of carboxylic acids is 1. The highest BCUT2D eigenvalue weighted by Gasteiger charge is 2.21. The Bertz CT molecular complexity index is 396. The largest absolute Gasteiger partial charge is 0.478 e. The van der Waals surface area contributed by atoms with Gasteiger partial charge in [0.2, 0.25) is 0 Å². The van der Waals surface area contributed by atoms with E-state index in [0.717, 1.165) is 0 Å². The third-order valence-corrected chi connectivity index (χ3v) is 2.70. The van der Waals surface area contributed by atoms with E-state index in [1.807, 2.05) is 0 Å². The molecule has 6 heteroatoms. The number of carboxylic acid groups (broad SMARTS) is 1. The first kappa shape index (κ1) is 13.7. The summed E-state index contributed by atoms with van der Waals surface area (Å²) in [5.41, 5.74) is 0.746. The quantitative estimate of drug-likeness (QED) is 0.477. The summed E-state index contributed by atoms with van der Waals surface area (Å²) in [5, 5.41) is 30.0. The summed E-state index contributed by atoms with van der Waals surface area (Å²) in [5.74, 6) is -0.975. The Morgan fingerprint density at radius 2 is 2.06 bits per heavy atom. The number of aromatic nitrogens is 1. The Morgan fingerprint density at radius 3 is 2.47 bits per heavy atom. The fourth-order valence-electron chi connectivity index (χ4n) is 1.41. The predicted octanol–water partition coefficient (Wildman–Crippen LogP) is -0.146. The molecule has 5 N–H and O–H groups in total. The van der Waals surface area contributed by atoms with Gasteiger partial charge in [0.05, 0.1) is 24.3 Å². The summed E-state index contributed by atoms with van der Waals surface area (Å²) < 4.78 is 0. The van der Waals surface area contributed by atoms with Gasteiger partial charge in [-0.3, -0.25) is 0 Å². The van der Waals surface area contributed by atoms with Crippen LogP contribution in [0.2, 0.25) is 0 Å². The standard InChI is InChI=1S/C11H18N2O4/c1-7-9(10(16)17)3-8(13-7)4-12-11(2,5-14)6-15/h3,12-15H,4-6H2,1-2H3,(H,16,17). The van der Waals surface area contributed by atoms with Gasteiger partial charge >= 0.3 is 5.97 Å². The van der Waals surface area contributed by atoms with Crippen molar-refractivity contribution in [3.63, 3.8) is 0 Å². The fourth-order valence-corrected chi connectivity index (χ4v) is 1.41. The second-order valence-corrected chi connectivity index (χ2v) is 4.37. The number of aliphatic hydroxyl groups excluding tert-OH is 2. The molecule has 0 amide bonds. The lowest BCUT2D eigenvalue weighted by Crippen LogP contribution is -2.48. The maximum absolute atomic E-state index is 10.8. The molecule has 0 unspecified atom stereocenters. The van der Waals surface area contributed by atoms with Crippen molar-refractivity contribution < 1.29 is 20.1 Å². The summed E-state index contributed by atoms with van der Waals surface area (Å²) in [4.78, 5) is 13.8. The third-order valence-electron chi connectivity index (χ3n) is 2.70. The second-order valence-electron chi connectivity index (χ2n) is 4.37. The van der Waals surface area contributed by atoms with Crippen LogP contribution >= 0.6 is 0 Å². The zero-order valence-electron chi connectivity index (χ0n) is 9.95. The van der Waals surface area contributed by atoms with Crippen LogP contribution < -0.4 is 5.32 Å². The number of carbonyl (C=O) groups is 1. The van der Waals surface area contributed by atoms with Crippen LogP contribution in [0.1, 0.15) is 28.7 Å². The van der Waals surface area contributed by atoms with E-state index >= 15 is 0 Å². The first-order valence-corrected chi connectivity index (χ1v) is 5.30. The molecule has 0 aromatic carbocycles. The van der Waals surface area contributed by atoms with Crippen molar-refractivity contribution in [2.45, 2.75) is 25.9 Å². The normalized spacial score (nSPS) is 11.8. The maximum Gasteiger partial charge on any atom is 0.337 e. The van der Waals surface area contributed by atoms with E-state index in [0.29, 0.717) is 17.9 Å². The van der Waals surface area contributed by atoms with Crippen LogP contribution in [-0.2, 0) is 6.54 Å². The predicted molar refractivity (Wildman–Crippen MR) is 61.9 cm³/mol. The smallest absolute Gasteiger partial charge is 0.337 e. The molecule has 0 spiro atoms. The highest BCUT2D eigenvalue weighted by molar-refractivity contribution is 5.89. The molecule has 0 saturated heterocycles. The summed E-state index contributed by atoms with van der Waals surface area (Å²) in [6.07, 6.45) is 0. The topological polar surface area (TPSA) is 106 Å². The molecular weight excluding hydrogens is 224 g/mol. The Kier molecular flexibility index (Phi) is 4.28. The molecule has 0 aliphatic rings. The molecule has 1 heterocycles. The van der Waals surface area contributed by atoms with Gasteiger partial charge in [-0.15, -0.1) is 0 Å². The van der Waals surface area contributed by atoms with Crippen molar-refractivity contribution in [2.24, 2.45) is 0 Å². The van der Waals surface area contributed by atoms with E-state index in [-0.39, 0.29) is 18.8 Å². The van der Waals surface area contributed by atoms with Gasteiger partial charge in [0.25, 0.3) is 0 Å². The van der Waals surface area contributed by atoms with E-state index < -0.39 is 11.5 Å². The van der Waals surface area contributed by atoms with E-state index in [1.54, 1.807) is 19.9 Å². The van der Waals surface area contributed by atoms with Gasteiger partial charge in [0.15, 0.2) is 0 Å². The van der Waals surface area contributed by atoms with Crippen LogP contribution in [0.25, 0.3) is 0 Å². The molecule has 1 aromatic rings. The number of H-pyrrole nitrogens is 1. The Balaban J connectivity index is 2.70. The average Bonchev–Trinajstić information content (AvgIpc) is 2.68. The molecule has 0 aliphatic carbocycles. The van der Waals surface area contributed by atoms with E-state index in [1.165, 1.54) is 0 Å². The molecule has 17 heavy (non-hydrogen) atoms. The Morgan fingerprint density at radius 1 is 1.47 bits per heavy atom. The number of nitrogens with one attached hydrogen (secondary N) is 2. The highest BCUT2D eigenvalue weighted by atomic mass is 16.4. The van der Waals surface area contributed by atoms with Crippen molar-refractivity contribution >= 4 is 5.97 Å². The lowest BCUT2D eigenvalue weighted by molar-refractivity contribution is 0.0696. The van der Waals surface area contributed by atoms with E-state index in [2.05, 4.69) is 10.3 Å². The van der Waals surface area contributed by atoms with Crippen molar-refractivity contribution in [1.82, 2.24) is 10.3 Å². The molecule has 0 radical (unpaired) electrons. The van der Waals surface area contributed by atoms with Crippen LogP contribution in [0.5, 0.6) is 0 Å². The zero-order valence-corrected chi connectivity index (χ0v) is 9.95. The number of aryl methyl sites for hydroxylation is 1. The van der Waals surface area contributed by atoms with Gasteiger partial charge in [0, 0.05) is 17.9 Å². The van der Waals surface area contributed by atoms with Gasteiger partial charge in [-0.05, 0) is 19.9 Å². The maximum atomic E-state index is 10.8. The number of hydrogen-bond donors (Lipinski definition) is 5. The average molecular weight is 242 g/mol. The zero-order chi connectivity index (χ0) is 13.1. The van der Waals surface area contributed by atoms with Crippen LogP contribution in [0.3, 0.4) is 0 Å². The Hall–Kier alpha value is -1.37.